The Labute approximate surface area is 143 Å². The van der Waals surface area contributed by atoms with E-state index in [1.807, 2.05) is 18.2 Å². The van der Waals surface area contributed by atoms with Crippen molar-refractivity contribution >= 4 is 6.08 Å². The SMILES string of the molecule is C(=Cc1ccccc1)COCc1cccc2c1Cc1ccccc1-2. The third-order valence-corrected chi connectivity index (χ3v) is 4.53. The van der Waals surface area contributed by atoms with E-state index in [1.165, 1.54) is 33.4 Å². The van der Waals surface area contributed by atoms with Gasteiger partial charge in [-0.15, -0.1) is 0 Å². The second kappa shape index (κ2) is 6.86. The van der Waals surface area contributed by atoms with Gasteiger partial charge in [0.05, 0.1) is 13.2 Å². The summed E-state index contributed by atoms with van der Waals surface area (Å²) < 4.78 is 5.88. The fourth-order valence-corrected chi connectivity index (χ4v) is 3.34. The van der Waals surface area contributed by atoms with Gasteiger partial charge in [-0.25, -0.2) is 0 Å². The van der Waals surface area contributed by atoms with Crippen LogP contribution >= 0.6 is 0 Å². The molecule has 0 saturated carbocycles. The van der Waals surface area contributed by atoms with E-state index in [4.69, 9.17) is 4.74 Å². The second-order valence-corrected chi connectivity index (χ2v) is 6.11. The van der Waals surface area contributed by atoms with Gasteiger partial charge in [0.1, 0.15) is 0 Å². The van der Waals surface area contributed by atoms with E-state index < -0.39 is 0 Å². The maximum Gasteiger partial charge on any atom is 0.0724 e. The molecule has 118 valence electrons. The minimum Gasteiger partial charge on any atom is -0.373 e. The molecule has 0 saturated heterocycles. The highest BCUT2D eigenvalue weighted by molar-refractivity contribution is 5.77. The molecule has 3 aromatic carbocycles. The lowest BCUT2D eigenvalue weighted by Gasteiger charge is -2.08. The molecule has 3 aromatic rings. The Morgan fingerprint density at radius 3 is 2.50 bits per heavy atom. The van der Waals surface area contributed by atoms with Gasteiger partial charge in [0.25, 0.3) is 0 Å². The highest BCUT2D eigenvalue weighted by Crippen LogP contribution is 2.38. The van der Waals surface area contributed by atoms with Gasteiger partial charge in [-0.1, -0.05) is 84.9 Å². The van der Waals surface area contributed by atoms with Crippen molar-refractivity contribution in [2.24, 2.45) is 0 Å². The Kier molecular flexibility index (Phi) is 4.26. The van der Waals surface area contributed by atoms with Gasteiger partial charge in [-0.05, 0) is 39.8 Å². The first-order chi connectivity index (χ1) is 11.9. The van der Waals surface area contributed by atoms with Crippen LogP contribution < -0.4 is 0 Å². The van der Waals surface area contributed by atoms with E-state index in [-0.39, 0.29) is 0 Å². The van der Waals surface area contributed by atoms with Crippen LogP contribution in [0.3, 0.4) is 0 Å². The van der Waals surface area contributed by atoms with Crippen molar-refractivity contribution in [3.05, 3.63) is 101 Å². The molecular weight excluding hydrogens is 292 g/mol. The smallest absolute Gasteiger partial charge is 0.0724 e. The molecule has 0 bridgehead atoms. The standard InChI is InChI=1S/C23H20O/c1-2-8-18(9-3-1)10-7-15-24-17-20-12-6-14-22-21-13-5-4-11-19(21)16-23(20)22/h1-14H,15-17H2. The van der Waals surface area contributed by atoms with Crippen molar-refractivity contribution in [1.82, 2.24) is 0 Å². The molecule has 24 heavy (non-hydrogen) atoms. The summed E-state index contributed by atoms with van der Waals surface area (Å²) in [6.07, 6.45) is 5.20. The largest absolute Gasteiger partial charge is 0.373 e. The van der Waals surface area contributed by atoms with Gasteiger partial charge in [0.15, 0.2) is 0 Å². The fraction of sp³-hybridized carbons (Fsp3) is 0.130. The molecule has 0 spiro atoms. The van der Waals surface area contributed by atoms with Crippen molar-refractivity contribution < 1.29 is 4.74 Å². The first kappa shape index (κ1) is 14.9. The minimum absolute atomic E-state index is 0.630. The van der Waals surface area contributed by atoms with Crippen LogP contribution in [-0.2, 0) is 17.8 Å². The van der Waals surface area contributed by atoms with Crippen molar-refractivity contribution in [3.63, 3.8) is 0 Å². The number of benzene rings is 3. The van der Waals surface area contributed by atoms with Gasteiger partial charge >= 0.3 is 0 Å². The molecule has 0 N–H and O–H groups in total. The summed E-state index contributed by atoms with van der Waals surface area (Å²) in [6.45, 7) is 1.29. The van der Waals surface area contributed by atoms with E-state index >= 15 is 0 Å². The minimum atomic E-state index is 0.630. The van der Waals surface area contributed by atoms with Crippen molar-refractivity contribution in [3.8, 4) is 11.1 Å². The average Bonchev–Trinajstić information content (AvgIpc) is 3.02. The van der Waals surface area contributed by atoms with Crippen LogP contribution in [0.4, 0.5) is 0 Å². The van der Waals surface area contributed by atoms with Gasteiger partial charge < -0.3 is 4.74 Å². The highest BCUT2D eigenvalue weighted by atomic mass is 16.5. The lowest BCUT2D eigenvalue weighted by atomic mass is 10.0. The van der Waals surface area contributed by atoms with E-state index in [1.54, 1.807) is 0 Å². The average molecular weight is 312 g/mol. The predicted octanol–water partition coefficient (Wildman–Crippen LogP) is 5.49. The van der Waals surface area contributed by atoms with Crippen molar-refractivity contribution in [1.29, 1.82) is 0 Å². The third-order valence-electron chi connectivity index (χ3n) is 4.53. The van der Waals surface area contributed by atoms with Crippen LogP contribution in [0.25, 0.3) is 17.2 Å². The summed E-state index contributed by atoms with van der Waals surface area (Å²) in [6, 6.07) is 25.5. The number of fused-ring (bicyclic) bond motifs is 3. The molecule has 1 aliphatic rings. The number of hydrogen-bond acceptors (Lipinski definition) is 1. The van der Waals surface area contributed by atoms with Crippen LogP contribution in [0.5, 0.6) is 0 Å². The van der Waals surface area contributed by atoms with Crippen LogP contribution in [-0.4, -0.2) is 6.61 Å². The molecule has 0 fully saturated rings. The monoisotopic (exact) mass is 312 g/mol. The topological polar surface area (TPSA) is 9.23 Å². The van der Waals surface area contributed by atoms with E-state index in [0.29, 0.717) is 13.2 Å². The second-order valence-electron chi connectivity index (χ2n) is 6.11. The van der Waals surface area contributed by atoms with Crippen LogP contribution in [0.1, 0.15) is 22.3 Å². The third kappa shape index (κ3) is 3.04. The molecule has 0 amide bonds. The fourth-order valence-electron chi connectivity index (χ4n) is 3.34. The summed E-state index contributed by atoms with van der Waals surface area (Å²) >= 11 is 0. The quantitative estimate of drug-likeness (QED) is 0.443. The molecule has 1 heteroatoms. The summed E-state index contributed by atoms with van der Waals surface area (Å²) in [5.74, 6) is 0. The molecule has 0 aliphatic heterocycles. The maximum absolute atomic E-state index is 5.88. The molecule has 0 aromatic heterocycles. The van der Waals surface area contributed by atoms with Crippen molar-refractivity contribution in [2.75, 3.05) is 6.61 Å². The zero-order valence-electron chi connectivity index (χ0n) is 13.6. The molecule has 1 nitrogen and oxygen atoms in total. The molecule has 0 atom stereocenters. The van der Waals surface area contributed by atoms with Gasteiger partial charge in [-0.2, -0.15) is 0 Å². The zero-order valence-corrected chi connectivity index (χ0v) is 13.6. The predicted molar refractivity (Wildman–Crippen MR) is 99.8 cm³/mol. The lowest BCUT2D eigenvalue weighted by Crippen LogP contribution is -1.97. The lowest BCUT2D eigenvalue weighted by molar-refractivity contribution is 0.148. The molecule has 0 unspecified atom stereocenters. The first-order valence-electron chi connectivity index (χ1n) is 8.40. The Bertz CT molecular complexity index is 862. The molecular formula is C23H20O. The van der Waals surface area contributed by atoms with Crippen LogP contribution in [0.2, 0.25) is 0 Å². The van der Waals surface area contributed by atoms with Crippen molar-refractivity contribution in [2.45, 2.75) is 13.0 Å². The van der Waals surface area contributed by atoms with E-state index in [9.17, 15) is 0 Å². The summed E-state index contributed by atoms with van der Waals surface area (Å²) in [5.41, 5.74) is 8.09. The normalized spacial score (nSPS) is 12.3. The van der Waals surface area contributed by atoms with Gasteiger partial charge in [-0.3, -0.25) is 0 Å². The molecule has 1 aliphatic carbocycles. The molecule has 4 rings (SSSR count). The number of rotatable bonds is 5. The maximum atomic E-state index is 5.88. The van der Waals surface area contributed by atoms with Crippen LogP contribution in [0, 0.1) is 0 Å². The van der Waals surface area contributed by atoms with Gasteiger partial charge in [0.2, 0.25) is 0 Å². The van der Waals surface area contributed by atoms with E-state index in [2.05, 4.69) is 66.7 Å². The summed E-state index contributed by atoms with van der Waals surface area (Å²) in [5, 5.41) is 0. The number of ether oxygens (including phenoxy) is 1. The summed E-state index contributed by atoms with van der Waals surface area (Å²) in [7, 11) is 0. The molecule has 0 radical (unpaired) electrons. The Hall–Kier alpha value is -2.64. The summed E-state index contributed by atoms with van der Waals surface area (Å²) in [4.78, 5) is 0. The van der Waals surface area contributed by atoms with Gasteiger partial charge in [0, 0.05) is 0 Å². The Morgan fingerprint density at radius 1 is 0.792 bits per heavy atom. The van der Waals surface area contributed by atoms with E-state index in [0.717, 1.165) is 6.42 Å². The zero-order chi connectivity index (χ0) is 16.2. The Morgan fingerprint density at radius 2 is 1.58 bits per heavy atom. The highest BCUT2D eigenvalue weighted by Gasteiger charge is 2.19. The first-order valence-corrected chi connectivity index (χ1v) is 8.40. The molecule has 0 heterocycles. The van der Waals surface area contributed by atoms with Crippen LogP contribution in [0.15, 0.2) is 78.9 Å². The Balaban J connectivity index is 1.41. The number of hydrogen-bond donors (Lipinski definition) is 0.